The highest BCUT2D eigenvalue weighted by molar-refractivity contribution is 7.92. The van der Waals surface area contributed by atoms with Crippen molar-refractivity contribution >= 4 is 21.6 Å². The van der Waals surface area contributed by atoms with Gasteiger partial charge >= 0.3 is 0 Å². The number of benzene rings is 3. The van der Waals surface area contributed by atoms with Crippen molar-refractivity contribution in [3.8, 4) is 0 Å². The molecule has 0 aliphatic rings. The molecule has 0 spiro atoms. The van der Waals surface area contributed by atoms with Crippen LogP contribution >= 0.6 is 0 Å². The number of carbonyl (C=O) groups excluding carboxylic acids is 1. The number of hydrogen-bond donors (Lipinski definition) is 1. The number of aryl methyl sites for hydroxylation is 3. The highest BCUT2D eigenvalue weighted by Crippen LogP contribution is 2.25. The normalized spacial score (nSPS) is 12.3. The van der Waals surface area contributed by atoms with E-state index in [0.29, 0.717) is 5.69 Å². The standard InChI is InChI=1S/C25H27FN2O3S/c1-17-6-11-22(12-7-17)28(32(30,31)23-13-9-21(26)10-14-23)16-25(29)27-20(4)24-15-18(2)5-8-19(24)3/h5-15,20H,16H2,1-4H3,(H,27,29). The Morgan fingerprint density at radius 3 is 2.16 bits per heavy atom. The second kappa shape index (κ2) is 9.53. The van der Waals surface area contributed by atoms with Crippen molar-refractivity contribution in [1.82, 2.24) is 5.32 Å². The molecule has 0 bridgehead atoms. The van der Waals surface area contributed by atoms with Crippen molar-refractivity contribution in [2.45, 2.75) is 38.6 Å². The lowest BCUT2D eigenvalue weighted by atomic mass is 10.00. The van der Waals surface area contributed by atoms with Gasteiger partial charge in [-0.2, -0.15) is 0 Å². The summed E-state index contributed by atoms with van der Waals surface area (Å²) >= 11 is 0. The molecule has 0 saturated carbocycles. The van der Waals surface area contributed by atoms with E-state index in [9.17, 15) is 17.6 Å². The van der Waals surface area contributed by atoms with Crippen LogP contribution in [0.1, 0.15) is 35.2 Å². The Kier molecular flexibility index (Phi) is 6.99. The third-order valence-corrected chi connectivity index (χ3v) is 7.08. The Morgan fingerprint density at radius 1 is 0.938 bits per heavy atom. The van der Waals surface area contributed by atoms with E-state index in [-0.39, 0.29) is 10.9 Å². The van der Waals surface area contributed by atoms with Gasteiger partial charge in [-0.1, -0.05) is 41.5 Å². The van der Waals surface area contributed by atoms with Gasteiger partial charge in [0.05, 0.1) is 16.6 Å². The maximum atomic E-state index is 13.3. The van der Waals surface area contributed by atoms with Gasteiger partial charge in [-0.3, -0.25) is 9.10 Å². The average Bonchev–Trinajstić information content (AvgIpc) is 2.74. The van der Waals surface area contributed by atoms with E-state index in [1.54, 1.807) is 24.3 Å². The van der Waals surface area contributed by atoms with Gasteiger partial charge < -0.3 is 5.32 Å². The van der Waals surface area contributed by atoms with Crippen LogP contribution in [-0.4, -0.2) is 20.9 Å². The van der Waals surface area contributed by atoms with E-state index in [1.807, 2.05) is 45.9 Å². The summed E-state index contributed by atoms with van der Waals surface area (Å²) in [6.45, 7) is 7.30. The first-order chi connectivity index (χ1) is 15.1. The molecule has 3 rings (SSSR count). The maximum Gasteiger partial charge on any atom is 0.264 e. The predicted molar refractivity (Wildman–Crippen MR) is 125 cm³/mol. The Morgan fingerprint density at radius 2 is 1.53 bits per heavy atom. The van der Waals surface area contributed by atoms with Crippen LogP contribution in [0.4, 0.5) is 10.1 Å². The topological polar surface area (TPSA) is 66.5 Å². The molecule has 0 radical (unpaired) electrons. The number of nitrogens with zero attached hydrogens (tertiary/aromatic N) is 1. The first-order valence-electron chi connectivity index (χ1n) is 10.3. The molecular formula is C25H27FN2O3S. The lowest BCUT2D eigenvalue weighted by Crippen LogP contribution is -2.41. The summed E-state index contributed by atoms with van der Waals surface area (Å²) in [6, 6.07) is 17.1. The highest BCUT2D eigenvalue weighted by atomic mass is 32.2. The molecule has 168 valence electrons. The van der Waals surface area contributed by atoms with Gasteiger partial charge in [0.2, 0.25) is 5.91 Å². The van der Waals surface area contributed by atoms with E-state index in [1.165, 1.54) is 12.1 Å². The third-order valence-electron chi connectivity index (χ3n) is 5.29. The van der Waals surface area contributed by atoms with E-state index < -0.39 is 28.3 Å². The third kappa shape index (κ3) is 5.34. The van der Waals surface area contributed by atoms with Crippen LogP contribution in [0.5, 0.6) is 0 Å². The Bertz CT molecular complexity index is 1210. The summed E-state index contributed by atoms with van der Waals surface area (Å²) in [5.74, 6) is -0.976. The van der Waals surface area contributed by atoms with Crippen LogP contribution in [0.15, 0.2) is 71.6 Å². The molecule has 5 nitrogen and oxygen atoms in total. The minimum absolute atomic E-state index is 0.0881. The zero-order valence-corrected chi connectivity index (χ0v) is 19.4. The van der Waals surface area contributed by atoms with Crippen molar-refractivity contribution in [1.29, 1.82) is 0 Å². The van der Waals surface area contributed by atoms with Gasteiger partial charge in [-0.25, -0.2) is 12.8 Å². The number of amides is 1. The fraction of sp³-hybridized carbons (Fsp3) is 0.240. The molecule has 7 heteroatoms. The Hall–Kier alpha value is -3.19. The van der Waals surface area contributed by atoms with Crippen molar-refractivity contribution in [2.75, 3.05) is 10.8 Å². The van der Waals surface area contributed by atoms with Gasteiger partial charge in [0.25, 0.3) is 10.0 Å². The molecule has 3 aromatic carbocycles. The van der Waals surface area contributed by atoms with Crippen LogP contribution in [0.25, 0.3) is 0 Å². The molecule has 3 aromatic rings. The van der Waals surface area contributed by atoms with E-state index >= 15 is 0 Å². The van der Waals surface area contributed by atoms with E-state index in [0.717, 1.165) is 38.7 Å². The zero-order chi connectivity index (χ0) is 23.5. The number of nitrogens with one attached hydrogen (secondary N) is 1. The summed E-state index contributed by atoms with van der Waals surface area (Å²) in [4.78, 5) is 12.8. The van der Waals surface area contributed by atoms with Crippen LogP contribution in [0.3, 0.4) is 0 Å². The monoisotopic (exact) mass is 454 g/mol. The van der Waals surface area contributed by atoms with Gasteiger partial charge in [0, 0.05) is 0 Å². The van der Waals surface area contributed by atoms with Crippen molar-refractivity contribution < 1.29 is 17.6 Å². The first kappa shape index (κ1) is 23.5. The molecule has 32 heavy (non-hydrogen) atoms. The lowest BCUT2D eigenvalue weighted by Gasteiger charge is -2.25. The Balaban J connectivity index is 1.90. The largest absolute Gasteiger partial charge is 0.348 e. The smallest absolute Gasteiger partial charge is 0.264 e. The molecule has 1 unspecified atom stereocenters. The highest BCUT2D eigenvalue weighted by Gasteiger charge is 2.28. The van der Waals surface area contributed by atoms with Gasteiger partial charge in [0.1, 0.15) is 12.4 Å². The maximum absolute atomic E-state index is 13.3. The number of halogens is 1. The molecule has 0 saturated heterocycles. The van der Waals surface area contributed by atoms with Crippen LogP contribution in [-0.2, 0) is 14.8 Å². The molecule has 0 fully saturated rings. The lowest BCUT2D eigenvalue weighted by molar-refractivity contribution is -0.120. The first-order valence-corrected chi connectivity index (χ1v) is 11.7. The minimum atomic E-state index is -4.09. The summed E-state index contributed by atoms with van der Waals surface area (Å²) in [7, 11) is -4.09. The molecule has 1 N–H and O–H groups in total. The molecule has 0 heterocycles. The summed E-state index contributed by atoms with van der Waals surface area (Å²) in [6.07, 6.45) is 0. The summed E-state index contributed by atoms with van der Waals surface area (Å²) < 4.78 is 41.1. The molecule has 0 aliphatic heterocycles. The van der Waals surface area contributed by atoms with Crippen molar-refractivity contribution in [2.24, 2.45) is 0 Å². The number of hydrogen-bond acceptors (Lipinski definition) is 3. The second-order valence-electron chi connectivity index (χ2n) is 7.95. The van der Waals surface area contributed by atoms with Crippen LogP contribution in [0.2, 0.25) is 0 Å². The van der Waals surface area contributed by atoms with Crippen LogP contribution in [0, 0.1) is 26.6 Å². The fourth-order valence-electron chi connectivity index (χ4n) is 3.48. The molecule has 0 aliphatic carbocycles. The quantitative estimate of drug-likeness (QED) is 0.556. The minimum Gasteiger partial charge on any atom is -0.348 e. The van der Waals surface area contributed by atoms with Gasteiger partial charge in [-0.15, -0.1) is 0 Å². The number of sulfonamides is 1. The summed E-state index contributed by atoms with van der Waals surface area (Å²) in [5.41, 5.74) is 4.40. The molecule has 1 atom stereocenters. The number of anilines is 1. The molecular weight excluding hydrogens is 427 g/mol. The number of rotatable bonds is 7. The predicted octanol–water partition coefficient (Wildman–Crippen LogP) is 4.82. The van der Waals surface area contributed by atoms with Crippen molar-refractivity contribution in [3.63, 3.8) is 0 Å². The Labute approximate surface area is 188 Å². The van der Waals surface area contributed by atoms with Crippen molar-refractivity contribution in [3.05, 3.63) is 94.8 Å². The fourth-order valence-corrected chi connectivity index (χ4v) is 4.90. The van der Waals surface area contributed by atoms with E-state index in [4.69, 9.17) is 0 Å². The van der Waals surface area contributed by atoms with Gasteiger partial charge in [-0.05, 0) is 75.2 Å². The van der Waals surface area contributed by atoms with Crippen LogP contribution < -0.4 is 9.62 Å². The average molecular weight is 455 g/mol. The van der Waals surface area contributed by atoms with Gasteiger partial charge in [0.15, 0.2) is 0 Å². The molecule has 0 aromatic heterocycles. The zero-order valence-electron chi connectivity index (χ0n) is 18.6. The summed E-state index contributed by atoms with van der Waals surface area (Å²) in [5, 5.41) is 2.90. The number of carbonyl (C=O) groups is 1. The second-order valence-corrected chi connectivity index (χ2v) is 9.81. The SMILES string of the molecule is Cc1ccc(N(CC(=O)NC(C)c2cc(C)ccc2C)S(=O)(=O)c2ccc(F)cc2)cc1. The molecule has 1 amide bonds. The van der Waals surface area contributed by atoms with E-state index in [2.05, 4.69) is 5.32 Å².